The van der Waals surface area contributed by atoms with E-state index in [9.17, 15) is 14.4 Å². The Morgan fingerprint density at radius 3 is 2.39 bits per heavy atom. The van der Waals surface area contributed by atoms with E-state index in [1.165, 1.54) is 14.2 Å². The summed E-state index contributed by atoms with van der Waals surface area (Å²) in [7, 11) is 2.59. The summed E-state index contributed by atoms with van der Waals surface area (Å²) in [6.45, 7) is 1.56. The Bertz CT molecular complexity index is 957. The Labute approximate surface area is 161 Å². The summed E-state index contributed by atoms with van der Waals surface area (Å²) >= 11 is 0. The molecular formula is C21H18O7. The molecule has 0 aromatic heterocycles. The Kier molecular flexibility index (Phi) is 5.44. The van der Waals surface area contributed by atoms with Crippen molar-refractivity contribution in [3.8, 4) is 11.5 Å². The van der Waals surface area contributed by atoms with Gasteiger partial charge in [0, 0.05) is 6.07 Å². The van der Waals surface area contributed by atoms with Crippen molar-refractivity contribution in [3.63, 3.8) is 0 Å². The summed E-state index contributed by atoms with van der Waals surface area (Å²) in [5.74, 6) is -0.328. The highest BCUT2D eigenvalue weighted by molar-refractivity contribution is 6.14. The number of benzene rings is 2. The van der Waals surface area contributed by atoms with Crippen LogP contribution in [-0.4, -0.2) is 38.0 Å². The van der Waals surface area contributed by atoms with Gasteiger partial charge in [-0.3, -0.25) is 4.79 Å². The number of fused-ring (bicyclic) bond motifs is 1. The van der Waals surface area contributed by atoms with Gasteiger partial charge in [-0.2, -0.15) is 0 Å². The summed E-state index contributed by atoms with van der Waals surface area (Å²) in [5.41, 5.74) is 1.50. The van der Waals surface area contributed by atoms with Crippen molar-refractivity contribution in [1.82, 2.24) is 0 Å². The van der Waals surface area contributed by atoms with Crippen LogP contribution in [0.3, 0.4) is 0 Å². The van der Waals surface area contributed by atoms with Crippen LogP contribution < -0.4 is 9.47 Å². The lowest BCUT2D eigenvalue weighted by Crippen LogP contribution is -2.24. The number of allylic oxidation sites excluding steroid dienone is 1. The Hall–Kier alpha value is -3.61. The van der Waals surface area contributed by atoms with E-state index in [-0.39, 0.29) is 11.5 Å². The molecule has 0 spiro atoms. The first-order chi connectivity index (χ1) is 13.4. The molecule has 2 aromatic rings. The highest BCUT2D eigenvalue weighted by Crippen LogP contribution is 2.35. The summed E-state index contributed by atoms with van der Waals surface area (Å²) in [5, 5.41) is 0. The first-order valence-electron chi connectivity index (χ1n) is 8.44. The smallest absolute Gasteiger partial charge is 0.346 e. The van der Waals surface area contributed by atoms with Crippen molar-refractivity contribution in [2.75, 3.05) is 14.2 Å². The number of carbonyl (C=O) groups excluding carboxylic acids is 3. The first kappa shape index (κ1) is 19.2. The molecule has 0 saturated heterocycles. The van der Waals surface area contributed by atoms with Crippen molar-refractivity contribution in [1.29, 1.82) is 0 Å². The van der Waals surface area contributed by atoms with E-state index in [1.54, 1.807) is 55.5 Å². The van der Waals surface area contributed by atoms with Gasteiger partial charge >= 0.3 is 11.9 Å². The maximum absolute atomic E-state index is 12.5. The molecule has 28 heavy (non-hydrogen) atoms. The zero-order chi connectivity index (χ0) is 20.3. The van der Waals surface area contributed by atoms with Gasteiger partial charge in [-0.15, -0.1) is 0 Å². The second-order valence-corrected chi connectivity index (χ2v) is 5.99. The molecule has 7 heteroatoms. The number of hydrogen-bond acceptors (Lipinski definition) is 7. The van der Waals surface area contributed by atoms with Crippen LogP contribution in [0.5, 0.6) is 11.5 Å². The highest BCUT2D eigenvalue weighted by atomic mass is 16.6. The minimum Gasteiger partial charge on any atom is -0.479 e. The molecule has 3 rings (SSSR count). The van der Waals surface area contributed by atoms with Crippen LogP contribution in [0.15, 0.2) is 48.2 Å². The van der Waals surface area contributed by atoms with E-state index in [0.29, 0.717) is 28.2 Å². The van der Waals surface area contributed by atoms with Crippen LogP contribution in [0.1, 0.15) is 33.2 Å². The SMILES string of the molecule is COC(=O)c1ccc(/C=C2\Oc3cc(O[C@@H](C)C(=O)OC)ccc3C2=O)cc1. The fourth-order valence-corrected chi connectivity index (χ4v) is 2.64. The van der Waals surface area contributed by atoms with Gasteiger partial charge in [-0.1, -0.05) is 12.1 Å². The van der Waals surface area contributed by atoms with Crippen molar-refractivity contribution < 1.29 is 33.3 Å². The fraction of sp³-hybridized carbons (Fsp3) is 0.190. The zero-order valence-corrected chi connectivity index (χ0v) is 15.6. The van der Waals surface area contributed by atoms with Crippen molar-refractivity contribution >= 4 is 23.8 Å². The normalized spacial score (nSPS) is 14.8. The van der Waals surface area contributed by atoms with Crippen LogP contribution in [0.2, 0.25) is 0 Å². The molecule has 0 radical (unpaired) electrons. The molecule has 0 fully saturated rings. The van der Waals surface area contributed by atoms with E-state index in [0.717, 1.165) is 0 Å². The second-order valence-electron chi connectivity index (χ2n) is 5.99. The van der Waals surface area contributed by atoms with Gasteiger partial charge in [0.1, 0.15) is 11.5 Å². The Balaban J connectivity index is 1.78. The monoisotopic (exact) mass is 382 g/mol. The molecule has 0 aliphatic carbocycles. The molecule has 7 nitrogen and oxygen atoms in total. The number of carbonyl (C=O) groups is 3. The van der Waals surface area contributed by atoms with Crippen LogP contribution in [-0.2, 0) is 14.3 Å². The topological polar surface area (TPSA) is 88.1 Å². The largest absolute Gasteiger partial charge is 0.479 e. The lowest BCUT2D eigenvalue weighted by molar-refractivity contribution is -0.147. The molecule has 2 aromatic carbocycles. The minimum atomic E-state index is -0.788. The molecule has 0 bridgehead atoms. The summed E-state index contributed by atoms with van der Waals surface area (Å²) < 4.78 is 20.4. The maximum Gasteiger partial charge on any atom is 0.346 e. The third kappa shape index (κ3) is 3.88. The molecular weight excluding hydrogens is 364 g/mol. The third-order valence-corrected chi connectivity index (χ3v) is 4.12. The van der Waals surface area contributed by atoms with Crippen molar-refractivity contribution in [2.45, 2.75) is 13.0 Å². The number of Topliss-reactive ketones (excluding diaryl/α,β-unsaturated/α-hetero) is 1. The standard InChI is InChI=1S/C21H18O7/c1-12(20(23)25-2)27-15-8-9-16-17(11-15)28-18(19(16)22)10-13-4-6-14(7-5-13)21(24)26-3/h4-12H,1-3H3/b18-10-/t12-/m0/s1. The lowest BCUT2D eigenvalue weighted by atomic mass is 10.1. The quantitative estimate of drug-likeness (QED) is 0.580. The van der Waals surface area contributed by atoms with Gasteiger partial charge in [0.25, 0.3) is 0 Å². The number of ketones is 1. The van der Waals surface area contributed by atoms with E-state index >= 15 is 0 Å². The Morgan fingerprint density at radius 1 is 1.04 bits per heavy atom. The molecule has 1 aliphatic rings. The van der Waals surface area contributed by atoms with Gasteiger partial charge in [0.05, 0.1) is 25.3 Å². The Morgan fingerprint density at radius 2 is 1.75 bits per heavy atom. The number of rotatable bonds is 5. The first-order valence-corrected chi connectivity index (χ1v) is 8.44. The van der Waals surface area contributed by atoms with E-state index in [4.69, 9.17) is 9.47 Å². The van der Waals surface area contributed by atoms with Crippen molar-refractivity contribution in [3.05, 3.63) is 64.9 Å². The van der Waals surface area contributed by atoms with Crippen molar-refractivity contribution in [2.24, 2.45) is 0 Å². The van der Waals surface area contributed by atoms with Crippen LogP contribution in [0, 0.1) is 0 Å². The maximum atomic E-state index is 12.5. The molecule has 0 amide bonds. The number of hydrogen-bond donors (Lipinski definition) is 0. The molecule has 0 unspecified atom stereocenters. The predicted molar refractivity (Wildman–Crippen MR) is 99.3 cm³/mol. The van der Waals surface area contributed by atoms with E-state index < -0.39 is 18.0 Å². The molecule has 0 N–H and O–H groups in total. The lowest BCUT2D eigenvalue weighted by Gasteiger charge is -2.12. The molecule has 1 heterocycles. The van der Waals surface area contributed by atoms with Crippen LogP contribution >= 0.6 is 0 Å². The summed E-state index contributed by atoms with van der Waals surface area (Å²) in [4.78, 5) is 35.5. The molecule has 144 valence electrons. The number of ether oxygens (including phenoxy) is 4. The predicted octanol–water partition coefficient (Wildman–Crippen LogP) is 3.03. The molecule has 1 atom stereocenters. The highest BCUT2D eigenvalue weighted by Gasteiger charge is 2.28. The van der Waals surface area contributed by atoms with Gasteiger partial charge in [0.15, 0.2) is 11.9 Å². The molecule has 1 aliphatic heterocycles. The summed E-state index contributed by atoms with van der Waals surface area (Å²) in [6, 6.07) is 11.3. The minimum absolute atomic E-state index is 0.152. The van der Waals surface area contributed by atoms with Gasteiger partial charge in [-0.05, 0) is 42.8 Å². The number of esters is 2. The van der Waals surface area contributed by atoms with E-state index in [2.05, 4.69) is 9.47 Å². The number of methoxy groups -OCH3 is 2. The molecule has 0 saturated carbocycles. The van der Waals surface area contributed by atoms with Gasteiger partial charge < -0.3 is 18.9 Å². The fourth-order valence-electron chi connectivity index (χ4n) is 2.64. The van der Waals surface area contributed by atoms with Gasteiger partial charge in [0.2, 0.25) is 5.78 Å². The summed E-state index contributed by atoms with van der Waals surface area (Å²) in [6.07, 6.45) is 0.796. The third-order valence-electron chi connectivity index (χ3n) is 4.12. The van der Waals surface area contributed by atoms with Gasteiger partial charge in [-0.25, -0.2) is 9.59 Å². The van der Waals surface area contributed by atoms with Crippen LogP contribution in [0.4, 0.5) is 0 Å². The van der Waals surface area contributed by atoms with Crippen LogP contribution in [0.25, 0.3) is 6.08 Å². The van der Waals surface area contributed by atoms with E-state index in [1.807, 2.05) is 0 Å². The second kappa shape index (κ2) is 7.96. The average molecular weight is 382 g/mol. The zero-order valence-electron chi connectivity index (χ0n) is 15.6. The average Bonchev–Trinajstić information content (AvgIpc) is 3.02.